The zero-order valence-electron chi connectivity index (χ0n) is 8.16. The highest BCUT2D eigenvalue weighted by molar-refractivity contribution is 6.32. The number of fused-ring (bicyclic) bond motifs is 1. The third-order valence-electron chi connectivity index (χ3n) is 2.32. The molecule has 3 rings (SSSR count). The number of halogens is 1. The SMILES string of the molecule is Nc1nc(-c2ccc3c(c2)OCO3)c(Cl)[nH]1. The summed E-state index contributed by atoms with van der Waals surface area (Å²) in [5.74, 6) is 1.70. The van der Waals surface area contributed by atoms with Crippen LogP contribution in [0.15, 0.2) is 18.2 Å². The average Bonchev–Trinajstić information content (AvgIpc) is 2.83. The van der Waals surface area contributed by atoms with Crippen LogP contribution in [-0.4, -0.2) is 16.8 Å². The molecule has 6 heteroatoms. The highest BCUT2D eigenvalue weighted by atomic mass is 35.5. The molecule has 0 unspecified atom stereocenters. The fraction of sp³-hybridized carbons (Fsp3) is 0.100. The van der Waals surface area contributed by atoms with E-state index < -0.39 is 0 Å². The number of imidazole rings is 1. The quantitative estimate of drug-likeness (QED) is 0.796. The molecule has 0 saturated heterocycles. The van der Waals surface area contributed by atoms with Crippen LogP contribution in [0.5, 0.6) is 11.5 Å². The first-order chi connectivity index (χ1) is 7.74. The Morgan fingerprint density at radius 3 is 2.88 bits per heavy atom. The fourth-order valence-corrected chi connectivity index (χ4v) is 1.85. The first kappa shape index (κ1) is 9.35. The number of nitrogens with two attached hydrogens (primary N) is 1. The lowest BCUT2D eigenvalue weighted by Crippen LogP contribution is -1.92. The molecule has 82 valence electrons. The number of H-pyrrole nitrogens is 1. The molecule has 0 bridgehead atoms. The van der Waals surface area contributed by atoms with Crippen LogP contribution < -0.4 is 15.2 Å². The number of hydrogen-bond acceptors (Lipinski definition) is 4. The molecule has 0 radical (unpaired) electrons. The van der Waals surface area contributed by atoms with Crippen molar-refractivity contribution >= 4 is 17.5 Å². The maximum Gasteiger partial charge on any atom is 0.231 e. The maximum atomic E-state index is 5.96. The number of hydrogen-bond donors (Lipinski definition) is 2. The number of aromatic amines is 1. The number of anilines is 1. The largest absolute Gasteiger partial charge is 0.454 e. The molecule has 0 spiro atoms. The third kappa shape index (κ3) is 1.37. The van der Waals surface area contributed by atoms with Crippen LogP contribution in [0.25, 0.3) is 11.3 Å². The molecule has 16 heavy (non-hydrogen) atoms. The van der Waals surface area contributed by atoms with Gasteiger partial charge >= 0.3 is 0 Å². The Kier molecular flexibility index (Phi) is 1.94. The molecule has 1 aromatic carbocycles. The summed E-state index contributed by atoms with van der Waals surface area (Å²) in [4.78, 5) is 6.83. The van der Waals surface area contributed by atoms with E-state index in [-0.39, 0.29) is 12.7 Å². The van der Waals surface area contributed by atoms with E-state index in [9.17, 15) is 0 Å². The summed E-state index contributed by atoms with van der Waals surface area (Å²) in [5.41, 5.74) is 6.97. The number of nitrogen functional groups attached to an aromatic ring is 1. The Hall–Kier alpha value is -1.88. The number of rotatable bonds is 1. The lowest BCUT2D eigenvalue weighted by molar-refractivity contribution is 0.174. The van der Waals surface area contributed by atoms with E-state index in [2.05, 4.69) is 9.97 Å². The van der Waals surface area contributed by atoms with Gasteiger partial charge in [-0.3, -0.25) is 0 Å². The highest BCUT2D eigenvalue weighted by Gasteiger charge is 2.16. The van der Waals surface area contributed by atoms with Gasteiger partial charge in [0.15, 0.2) is 17.4 Å². The predicted molar refractivity (Wildman–Crippen MR) is 59.6 cm³/mol. The van der Waals surface area contributed by atoms with E-state index in [4.69, 9.17) is 26.8 Å². The molecule has 0 fully saturated rings. The number of benzene rings is 1. The van der Waals surface area contributed by atoms with Crippen molar-refractivity contribution in [2.75, 3.05) is 12.5 Å². The summed E-state index contributed by atoms with van der Waals surface area (Å²) in [7, 11) is 0. The molecule has 1 aliphatic rings. The highest BCUT2D eigenvalue weighted by Crippen LogP contribution is 2.37. The molecule has 0 atom stereocenters. The van der Waals surface area contributed by atoms with Crippen molar-refractivity contribution in [3.8, 4) is 22.8 Å². The van der Waals surface area contributed by atoms with Gasteiger partial charge in [0.05, 0.1) is 0 Å². The lowest BCUT2D eigenvalue weighted by Gasteiger charge is -1.99. The smallest absolute Gasteiger partial charge is 0.231 e. The topological polar surface area (TPSA) is 73.2 Å². The molecule has 0 saturated carbocycles. The van der Waals surface area contributed by atoms with Crippen LogP contribution in [0.1, 0.15) is 0 Å². The summed E-state index contributed by atoms with van der Waals surface area (Å²) in [6, 6.07) is 5.50. The molecule has 5 nitrogen and oxygen atoms in total. The molecular weight excluding hydrogens is 230 g/mol. The molecule has 3 N–H and O–H groups in total. The van der Waals surface area contributed by atoms with Gasteiger partial charge in [-0.2, -0.15) is 0 Å². The minimum Gasteiger partial charge on any atom is -0.454 e. The molecule has 1 aliphatic heterocycles. The standard InChI is InChI=1S/C10H8ClN3O2/c11-9-8(13-10(12)14-9)5-1-2-6-7(3-5)16-4-15-6/h1-3H,4H2,(H3,12,13,14). The Labute approximate surface area is 96.1 Å². The van der Waals surface area contributed by atoms with Gasteiger partial charge in [0.1, 0.15) is 10.8 Å². The summed E-state index contributed by atoms with van der Waals surface area (Å²) >= 11 is 5.96. The van der Waals surface area contributed by atoms with E-state index in [1.165, 1.54) is 0 Å². The number of ether oxygens (including phenoxy) is 2. The van der Waals surface area contributed by atoms with Crippen LogP contribution >= 0.6 is 11.6 Å². The van der Waals surface area contributed by atoms with Crippen molar-refractivity contribution < 1.29 is 9.47 Å². The molecule has 0 aliphatic carbocycles. The van der Waals surface area contributed by atoms with E-state index >= 15 is 0 Å². The van der Waals surface area contributed by atoms with Gasteiger partial charge in [0, 0.05) is 5.56 Å². The van der Waals surface area contributed by atoms with E-state index in [0.29, 0.717) is 16.6 Å². The summed E-state index contributed by atoms with van der Waals surface area (Å²) < 4.78 is 10.5. The van der Waals surface area contributed by atoms with E-state index in [0.717, 1.165) is 11.3 Å². The Morgan fingerprint density at radius 2 is 2.12 bits per heavy atom. The van der Waals surface area contributed by atoms with Crippen molar-refractivity contribution in [1.29, 1.82) is 0 Å². The predicted octanol–water partition coefficient (Wildman–Crippen LogP) is 2.04. The second kappa shape index (κ2) is 3.31. The van der Waals surface area contributed by atoms with Gasteiger partial charge in [-0.15, -0.1) is 0 Å². The van der Waals surface area contributed by atoms with Gasteiger partial charge in [0.25, 0.3) is 0 Å². The van der Waals surface area contributed by atoms with Gasteiger partial charge in [-0.05, 0) is 18.2 Å². The summed E-state index contributed by atoms with van der Waals surface area (Å²) in [5, 5.41) is 0.413. The van der Waals surface area contributed by atoms with Crippen molar-refractivity contribution in [3.63, 3.8) is 0 Å². The average molecular weight is 238 g/mol. The van der Waals surface area contributed by atoms with Gasteiger partial charge in [0.2, 0.25) is 6.79 Å². The van der Waals surface area contributed by atoms with Crippen molar-refractivity contribution in [2.24, 2.45) is 0 Å². The number of aromatic nitrogens is 2. The minimum atomic E-state index is 0.245. The zero-order valence-corrected chi connectivity index (χ0v) is 8.91. The Balaban J connectivity index is 2.10. The zero-order chi connectivity index (χ0) is 11.1. The minimum absolute atomic E-state index is 0.245. The van der Waals surface area contributed by atoms with Crippen molar-refractivity contribution in [1.82, 2.24) is 9.97 Å². The molecular formula is C10H8ClN3O2. The number of nitrogens with one attached hydrogen (secondary N) is 1. The maximum absolute atomic E-state index is 5.96. The summed E-state index contributed by atoms with van der Waals surface area (Å²) in [6.45, 7) is 0.245. The second-order valence-corrected chi connectivity index (χ2v) is 3.73. The van der Waals surface area contributed by atoms with Crippen LogP contribution in [0.3, 0.4) is 0 Å². The van der Waals surface area contributed by atoms with E-state index in [1.54, 1.807) is 0 Å². The molecule has 2 heterocycles. The first-order valence-electron chi connectivity index (χ1n) is 4.65. The fourth-order valence-electron chi connectivity index (χ4n) is 1.60. The molecule has 2 aromatic rings. The normalized spacial score (nSPS) is 13.1. The third-order valence-corrected chi connectivity index (χ3v) is 2.60. The lowest BCUT2D eigenvalue weighted by atomic mass is 10.1. The summed E-state index contributed by atoms with van der Waals surface area (Å²) in [6.07, 6.45) is 0. The molecule has 0 amide bonds. The van der Waals surface area contributed by atoms with Gasteiger partial charge in [-0.25, -0.2) is 4.98 Å². The van der Waals surface area contributed by atoms with Gasteiger partial charge < -0.3 is 20.2 Å². The van der Waals surface area contributed by atoms with E-state index in [1.807, 2.05) is 18.2 Å². The first-order valence-corrected chi connectivity index (χ1v) is 5.03. The van der Waals surface area contributed by atoms with Crippen LogP contribution in [-0.2, 0) is 0 Å². The van der Waals surface area contributed by atoms with Crippen LogP contribution in [0, 0.1) is 0 Å². The van der Waals surface area contributed by atoms with Crippen molar-refractivity contribution in [2.45, 2.75) is 0 Å². The molecule has 1 aromatic heterocycles. The number of nitrogens with zero attached hydrogens (tertiary/aromatic N) is 1. The van der Waals surface area contributed by atoms with Gasteiger partial charge in [-0.1, -0.05) is 11.6 Å². The van der Waals surface area contributed by atoms with Crippen LogP contribution in [0.4, 0.5) is 5.95 Å². The van der Waals surface area contributed by atoms with Crippen LogP contribution in [0.2, 0.25) is 5.15 Å². The van der Waals surface area contributed by atoms with Crippen molar-refractivity contribution in [3.05, 3.63) is 23.4 Å². The monoisotopic (exact) mass is 237 g/mol. The second-order valence-electron chi connectivity index (χ2n) is 3.35. The Bertz CT molecular complexity index is 553. The Morgan fingerprint density at radius 1 is 1.31 bits per heavy atom.